The zero-order valence-corrected chi connectivity index (χ0v) is 16.3. The highest BCUT2D eigenvalue weighted by Gasteiger charge is 2.37. The smallest absolute Gasteiger partial charge is 0.261 e. The molecule has 0 aromatic carbocycles. The summed E-state index contributed by atoms with van der Waals surface area (Å²) in [5, 5.41) is 4.61. The third kappa shape index (κ3) is 3.00. The molecule has 0 aliphatic carbocycles. The fourth-order valence-electron chi connectivity index (χ4n) is 4.47. The van der Waals surface area contributed by atoms with Crippen LogP contribution in [0.5, 0.6) is 0 Å². The third-order valence-corrected chi connectivity index (χ3v) is 6.86. The number of anilines is 1. The second-order valence-electron chi connectivity index (χ2n) is 7.60. The van der Waals surface area contributed by atoms with Gasteiger partial charge in [-0.3, -0.25) is 4.79 Å². The van der Waals surface area contributed by atoms with Crippen LogP contribution in [0, 0.1) is 12.8 Å². The zero-order chi connectivity index (χ0) is 18.4. The highest BCUT2D eigenvalue weighted by atomic mass is 32.2. The van der Waals surface area contributed by atoms with Crippen LogP contribution in [0.2, 0.25) is 0 Å². The van der Waals surface area contributed by atoms with E-state index in [1.165, 1.54) is 12.8 Å². The molecule has 0 bridgehead atoms. The summed E-state index contributed by atoms with van der Waals surface area (Å²) in [5.41, 5.74) is 1.96. The van der Waals surface area contributed by atoms with Crippen molar-refractivity contribution < 1.29 is 4.79 Å². The first kappa shape index (κ1) is 17.1. The van der Waals surface area contributed by atoms with Crippen LogP contribution in [0.25, 0.3) is 11.0 Å². The van der Waals surface area contributed by atoms with Gasteiger partial charge >= 0.3 is 0 Å². The van der Waals surface area contributed by atoms with E-state index < -0.39 is 0 Å². The molecule has 5 rings (SSSR count). The van der Waals surface area contributed by atoms with Gasteiger partial charge in [-0.1, -0.05) is 0 Å². The molecule has 1 amide bonds. The first-order chi connectivity index (χ1) is 13.2. The predicted octanol–water partition coefficient (Wildman–Crippen LogP) is 1.87. The fourth-order valence-corrected chi connectivity index (χ4v) is 5.43. The van der Waals surface area contributed by atoms with E-state index in [1.54, 1.807) is 18.1 Å². The van der Waals surface area contributed by atoms with Crippen LogP contribution in [-0.4, -0.2) is 63.7 Å². The Bertz CT molecular complexity index is 895. The topological polar surface area (TPSA) is 77.2 Å². The lowest BCUT2D eigenvalue weighted by Gasteiger charge is -2.27. The minimum absolute atomic E-state index is 0.164. The van der Waals surface area contributed by atoms with Crippen molar-refractivity contribution in [3.8, 4) is 0 Å². The predicted molar refractivity (Wildman–Crippen MR) is 108 cm³/mol. The summed E-state index contributed by atoms with van der Waals surface area (Å²) in [6.45, 7) is 5.68. The molecular formula is C19H24N6OS. The summed E-state index contributed by atoms with van der Waals surface area (Å²) >= 11 is 1.66. The van der Waals surface area contributed by atoms with Gasteiger partial charge < -0.3 is 20.1 Å². The molecule has 2 N–H and O–H groups in total. The molecular weight excluding hydrogens is 360 g/mol. The number of H-pyrrole nitrogens is 1. The number of likely N-dealkylation sites (tertiary alicyclic amines) is 1. The molecule has 3 aliphatic rings. The molecule has 5 heterocycles. The number of amides is 1. The molecule has 2 aromatic rings. The number of nitrogens with one attached hydrogen (secondary N) is 2. The fraction of sp³-hybridized carbons (Fsp3) is 0.526. The first-order valence-corrected chi connectivity index (χ1v) is 10.6. The molecule has 2 saturated heterocycles. The Morgan fingerprint density at radius 3 is 3.15 bits per heavy atom. The Hall–Kier alpha value is -2.06. The first-order valence-electron chi connectivity index (χ1n) is 9.63. The van der Waals surface area contributed by atoms with Crippen molar-refractivity contribution in [3.05, 3.63) is 29.2 Å². The molecule has 8 heteroatoms. The van der Waals surface area contributed by atoms with Crippen molar-refractivity contribution in [2.24, 2.45) is 5.92 Å². The summed E-state index contributed by atoms with van der Waals surface area (Å²) in [5.74, 6) is 2.53. The van der Waals surface area contributed by atoms with Crippen molar-refractivity contribution in [1.82, 2.24) is 25.2 Å². The maximum atomic E-state index is 13.1. The van der Waals surface area contributed by atoms with E-state index in [9.17, 15) is 4.79 Å². The van der Waals surface area contributed by atoms with Crippen molar-refractivity contribution in [3.63, 3.8) is 0 Å². The average Bonchev–Trinajstić information content (AvgIpc) is 3.31. The normalized spacial score (nSPS) is 25.6. The Balaban J connectivity index is 1.41. The Kier molecular flexibility index (Phi) is 4.32. The quantitative estimate of drug-likeness (QED) is 0.823. The monoisotopic (exact) mass is 384 g/mol. The SMILES string of the molecule is Cc1c[nH]c2ncnc(N3C=C(C(=O)N4C[C@H]5CCCN[C@H]5C4)SCC3)c12. The Morgan fingerprint density at radius 2 is 2.26 bits per heavy atom. The molecule has 2 atom stereocenters. The van der Waals surface area contributed by atoms with Gasteiger partial charge in [-0.05, 0) is 37.8 Å². The zero-order valence-electron chi connectivity index (χ0n) is 15.4. The van der Waals surface area contributed by atoms with Crippen LogP contribution in [-0.2, 0) is 4.79 Å². The highest BCUT2D eigenvalue weighted by Crippen LogP contribution is 2.33. The van der Waals surface area contributed by atoms with E-state index in [2.05, 4.69) is 32.1 Å². The number of aromatic nitrogens is 3. The van der Waals surface area contributed by atoms with Crippen molar-refractivity contribution in [2.45, 2.75) is 25.8 Å². The minimum atomic E-state index is 0.164. The largest absolute Gasteiger partial charge is 0.346 e. The van der Waals surface area contributed by atoms with Gasteiger partial charge in [0.25, 0.3) is 5.91 Å². The number of aromatic amines is 1. The molecule has 0 saturated carbocycles. The van der Waals surface area contributed by atoms with Gasteiger partial charge in [-0.15, -0.1) is 11.8 Å². The van der Waals surface area contributed by atoms with Crippen molar-refractivity contribution in [1.29, 1.82) is 0 Å². The lowest BCUT2D eigenvalue weighted by atomic mass is 9.94. The van der Waals surface area contributed by atoms with E-state index in [0.29, 0.717) is 12.0 Å². The molecule has 2 aromatic heterocycles. The second kappa shape index (κ2) is 6.83. The standard InChI is InChI=1S/C19H24N6OS/c1-12-7-21-17-16(12)18(23-11-22-17)24-5-6-27-15(10-24)19(26)25-8-13-3-2-4-20-14(13)9-25/h7,10-11,13-14,20H,2-6,8-9H2,1H3,(H,21,22,23)/t13-,14+/m1/s1. The Morgan fingerprint density at radius 1 is 1.33 bits per heavy atom. The van der Waals surface area contributed by atoms with E-state index >= 15 is 0 Å². The van der Waals surface area contributed by atoms with Crippen LogP contribution < -0.4 is 10.2 Å². The van der Waals surface area contributed by atoms with Crippen LogP contribution in [0.4, 0.5) is 5.82 Å². The Labute approximate surface area is 162 Å². The van der Waals surface area contributed by atoms with Crippen LogP contribution >= 0.6 is 11.8 Å². The molecule has 3 aliphatic heterocycles. The average molecular weight is 385 g/mol. The molecule has 7 nitrogen and oxygen atoms in total. The highest BCUT2D eigenvalue weighted by molar-refractivity contribution is 8.04. The summed E-state index contributed by atoms with van der Waals surface area (Å²) in [6, 6.07) is 0.469. The number of aryl methyl sites for hydroxylation is 1. The lowest BCUT2D eigenvalue weighted by Crippen LogP contribution is -2.41. The molecule has 0 radical (unpaired) electrons. The number of thioether (sulfide) groups is 1. The maximum Gasteiger partial charge on any atom is 0.261 e. The van der Waals surface area contributed by atoms with Gasteiger partial charge in [0.15, 0.2) is 0 Å². The van der Waals surface area contributed by atoms with Crippen molar-refractivity contribution >= 4 is 34.5 Å². The van der Waals surface area contributed by atoms with Gasteiger partial charge in [0.1, 0.15) is 17.8 Å². The number of hydrogen-bond acceptors (Lipinski definition) is 6. The summed E-state index contributed by atoms with van der Waals surface area (Å²) in [4.78, 5) is 30.1. The summed E-state index contributed by atoms with van der Waals surface area (Å²) in [7, 11) is 0. The lowest BCUT2D eigenvalue weighted by molar-refractivity contribution is -0.125. The van der Waals surface area contributed by atoms with Crippen LogP contribution in [0.15, 0.2) is 23.6 Å². The number of carbonyl (C=O) groups excluding carboxylic acids is 1. The van der Waals surface area contributed by atoms with E-state index in [-0.39, 0.29) is 5.91 Å². The van der Waals surface area contributed by atoms with E-state index in [1.807, 2.05) is 17.3 Å². The molecule has 0 spiro atoms. The number of hydrogen-bond donors (Lipinski definition) is 2. The third-order valence-electron chi connectivity index (χ3n) is 5.88. The summed E-state index contributed by atoms with van der Waals surface area (Å²) in [6.07, 6.45) is 7.97. The van der Waals surface area contributed by atoms with Gasteiger partial charge in [0.2, 0.25) is 0 Å². The summed E-state index contributed by atoms with van der Waals surface area (Å²) < 4.78 is 0. The van der Waals surface area contributed by atoms with E-state index in [4.69, 9.17) is 0 Å². The number of fused-ring (bicyclic) bond motifs is 2. The van der Waals surface area contributed by atoms with Crippen molar-refractivity contribution in [2.75, 3.05) is 36.8 Å². The van der Waals surface area contributed by atoms with Gasteiger partial charge in [0.05, 0.1) is 10.3 Å². The molecule has 27 heavy (non-hydrogen) atoms. The second-order valence-corrected chi connectivity index (χ2v) is 8.74. The van der Waals surface area contributed by atoms with Gasteiger partial charge in [-0.25, -0.2) is 9.97 Å². The van der Waals surface area contributed by atoms with Gasteiger partial charge in [-0.2, -0.15) is 0 Å². The molecule has 2 fully saturated rings. The number of piperidine rings is 1. The van der Waals surface area contributed by atoms with E-state index in [0.717, 1.165) is 59.3 Å². The number of rotatable bonds is 2. The molecule has 0 unspecified atom stereocenters. The number of carbonyl (C=O) groups is 1. The van der Waals surface area contributed by atoms with Crippen LogP contribution in [0.1, 0.15) is 18.4 Å². The maximum absolute atomic E-state index is 13.1. The van der Waals surface area contributed by atoms with Crippen LogP contribution in [0.3, 0.4) is 0 Å². The minimum Gasteiger partial charge on any atom is -0.346 e. The van der Waals surface area contributed by atoms with Gasteiger partial charge in [0, 0.05) is 43.8 Å². The molecule has 142 valence electrons. The number of nitrogens with zero attached hydrogens (tertiary/aromatic N) is 4.